The molecule has 3 aromatic carbocycles. The SMILES string of the molecule is CC1CN(C(=O)C(Cc2ccccc2)NC(=O)c2ccccc2)CCN1C(=O)c1ccc(Cl)cc1Cl. The zero-order chi connectivity index (χ0) is 25.7. The number of nitrogens with one attached hydrogen (secondary N) is 1. The summed E-state index contributed by atoms with van der Waals surface area (Å²) in [7, 11) is 0. The molecule has 1 N–H and O–H groups in total. The molecule has 6 nitrogen and oxygen atoms in total. The number of hydrogen-bond donors (Lipinski definition) is 1. The van der Waals surface area contributed by atoms with Crippen LogP contribution >= 0.6 is 23.2 Å². The summed E-state index contributed by atoms with van der Waals surface area (Å²) in [6.45, 7) is 2.96. The lowest BCUT2D eigenvalue weighted by Gasteiger charge is -2.41. The maximum absolute atomic E-state index is 13.6. The summed E-state index contributed by atoms with van der Waals surface area (Å²) in [4.78, 5) is 43.1. The van der Waals surface area contributed by atoms with Gasteiger partial charge in [-0.2, -0.15) is 0 Å². The second-order valence-corrected chi connectivity index (χ2v) is 9.68. The molecule has 0 radical (unpaired) electrons. The third-order valence-electron chi connectivity index (χ3n) is 6.28. The Morgan fingerprint density at radius 2 is 1.61 bits per heavy atom. The van der Waals surface area contributed by atoms with Crippen LogP contribution in [0, 0.1) is 0 Å². The molecule has 1 aliphatic heterocycles. The summed E-state index contributed by atoms with van der Waals surface area (Å²) in [5, 5.41) is 3.68. The van der Waals surface area contributed by atoms with E-state index in [0.717, 1.165) is 5.56 Å². The first-order chi connectivity index (χ1) is 17.3. The smallest absolute Gasteiger partial charge is 0.255 e. The van der Waals surface area contributed by atoms with Gasteiger partial charge < -0.3 is 15.1 Å². The topological polar surface area (TPSA) is 69.7 Å². The Bertz CT molecular complexity index is 1240. The molecular formula is C28H27Cl2N3O3. The molecule has 36 heavy (non-hydrogen) atoms. The zero-order valence-electron chi connectivity index (χ0n) is 19.9. The number of nitrogens with zero attached hydrogens (tertiary/aromatic N) is 2. The molecule has 0 bridgehead atoms. The first-order valence-electron chi connectivity index (χ1n) is 11.8. The van der Waals surface area contributed by atoms with Crippen LogP contribution in [0.15, 0.2) is 78.9 Å². The number of amides is 3. The van der Waals surface area contributed by atoms with Crippen molar-refractivity contribution < 1.29 is 14.4 Å². The summed E-state index contributed by atoms with van der Waals surface area (Å²) >= 11 is 12.2. The monoisotopic (exact) mass is 523 g/mol. The molecule has 186 valence electrons. The predicted octanol–water partition coefficient (Wildman–Crippen LogP) is 4.71. The molecule has 0 saturated carbocycles. The fraction of sp³-hybridized carbons (Fsp3) is 0.250. The summed E-state index contributed by atoms with van der Waals surface area (Å²) in [5.41, 5.74) is 1.82. The summed E-state index contributed by atoms with van der Waals surface area (Å²) < 4.78 is 0. The van der Waals surface area contributed by atoms with Crippen molar-refractivity contribution in [1.82, 2.24) is 15.1 Å². The molecule has 8 heteroatoms. The van der Waals surface area contributed by atoms with Crippen molar-refractivity contribution in [3.8, 4) is 0 Å². The van der Waals surface area contributed by atoms with E-state index in [-0.39, 0.29) is 23.8 Å². The van der Waals surface area contributed by atoms with Crippen molar-refractivity contribution in [2.75, 3.05) is 19.6 Å². The molecule has 1 heterocycles. The lowest BCUT2D eigenvalue weighted by atomic mass is 10.0. The minimum atomic E-state index is -0.736. The zero-order valence-corrected chi connectivity index (χ0v) is 21.4. The Balaban J connectivity index is 1.48. The molecule has 1 fully saturated rings. The molecule has 2 unspecified atom stereocenters. The Morgan fingerprint density at radius 3 is 2.25 bits per heavy atom. The summed E-state index contributed by atoms with van der Waals surface area (Å²) in [5.74, 6) is -0.676. The van der Waals surface area contributed by atoms with E-state index < -0.39 is 6.04 Å². The minimum absolute atomic E-state index is 0.174. The maximum atomic E-state index is 13.6. The van der Waals surface area contributed by atoms with Crippen molar-refractivity contribution in [2.45, 2.75) is 25.4 Å². The van der Waals surface area contributed by atoms with Gasteiger partial charge in [-0.15, -0.1) is 0 Å². The first kappa shape index (κ1) is 25.7. The Kier molecular flexibility index (Phi) is 8.28. The van der Waals surface area contributed by atoms with Gasteiger partial charge in [0.15, 0.2) is 0 Å². The Labute approximate surface area is 220 Å². The predicted molar refractivity (Wildman–Crippen MR) is 141 cm³/mol. The van der Waals surface area contributed by atoms with E-state index in [1.54, 1.807) is 52.3 Å². The molecule has 0 aliphatic carbocycles. The van der Waals surface area contributed by atoms with Crippen molar-refractivity contribution in [1.29, 1.82) is 0 Å². The van der Waals surface area contributed by atoms with Crippen molar-refractivity contribution in [3.63, 3.8) is 0 Å². The lowest BCUT2D eigenvalue weighted by molar-refractivity contribution is -0.135. The van der Waals surface area contributed by atoms with Crippen LogP contribution in [0.1, 0.15) is 33.2 Å². The maximum Gasteiger partial charge on any atom is 0.255 e. The van der Waals surface area contributed by atoms with E-state index in [4.69, 9.17) is 23.2 Å². The summed E-state index contributed by atoms with van der Waals surface area (Å²) in [6.07, 6.45) is 0.367. The highest BCUT2D eigenvalue weighted by Crippen LogP contribution is 2.24. The minimum Gasteiger partial charge on any atom is -0.340 e. The number of halogens is 2. The highest BCUT2D eigenvalue weighted by atomic mass is 35.5. The van der Waals surface area contributed by atoms with Crippen LogP contribution in [-0.2, 0) is 11.2 Å². The number of rotatable bonds is 6. The van der Waals surface area contributed by atoms with Crippen LogP contribution in [0.4, 0.5) is 0 Å². The number of benzene rings is 3. The second kappa shape index (κ2) is 11.6. The average Bonchev–Trinajstić information content (AvgIpc) is 2.88. The van der Waals surface area contributed by atoms with E-state index >= 15 is 0 Å². The van der Waals surface area contributed by atoms with Gasteiger partial charge in [-0.25, -0.2) is 0 Å². The molecule has 0 spiro atoms. The van der Waals surface area contributed by atoms with Crippen LogP contribution < -0.4 is 5.32 Å². The summed E-state index contributed by atoms with van der Waals surface area (Å²) in [6, 6.07) is 22.3. The van der Waals surface area contributed by atoms with Gasteiger partial charge in [0, 0.05) is 42.7 Å². The van der Waals surface area contributed by atoms with Gasteiger partial charge in [-0.05, 0) is 42.8 Å². The van der Waals surface area contributed by atoms with Gasteiger partial charge in [0.1, 0.15) is 6.04 Å². The van der Waals surface area contributed by atoms with Gasteiger partial charge in [0.05, 0.1) is 10.6 Å². The van der Waals surface area contributed by atoms with Gasteiger partial charge in [-0.3, -0.25) is 14.4 Å². The van der Waals surface area contributed by atoms with E-state index in [9.17, 15) is 14.4 Å². The fourth-order valence-electron chi connectivity index (χ4n) is 4.38. The van der Waals surface area contributed by atoms with Crippen molar-refractivity contribution in [2.24, 2.45) is 0 Å². The standard InChI is InChI=1S/C28H27Cl2N3O3/c1-19-18-32(14-15-33(19)27(35)23-13-12-22(29)17-24(23)30)28(36)25(16-20-8-4-2-5-9-20)31-26(34)21-10-6-3-7-11-21/h2-13,17,19,25H,14-16,18H2,1H3,(H,31,34). The van der Waals surface area contributed by atoms with Crippen LogP contribution in [0.5, 0.6) is 0 Å². The fourth-order valence-corrected chi connectivity index (χ4v) is 4.87. The Hall–Kier alpha value is -3.35. The van der Waals surface area contributed by atoms with E-state index in [2.05, 4.69) is 5.32 Å². The molecule has 4 rings (SSSR count). The van der Waals surface area contributed by atoms with Crippen molar-refractivity contribution >= 4 is 40.9 Å². The van der Waals surface area contributed by atoms with Crippen LogP contribution in [-0.4, -0.2) is 59.2 Å². The van der Waals surface area contributed by atoms with E-state index in [0.29, 0.717) is 47.2 Å². The van der Waals surface area contributed by atoms with Gasteiger partial charge in [0.25, 0.3) is 11.8 Å². The average molecular weight is 524 g/mol. The Morgan fingerprint density at radius 1 is 0.944 bits per heavy atom. The highest BCUT2D eigenvalue weighted by molar-refractivity contribution is 6.36. The number of carbonyl (C=O) groups excluding carboxylic acids is 3. The van der Waals surface area contributed by atoms with Gasteiger partial charge >= 0.3 is 0 Å². The molecule has 3 amide bonds. The quantitative estimate of drug-likeness (QED) is 0.508. The number of piperazine rings is 1. The van der Waals surface area contributed by atoms with E-state index in [1.807, 2.05) is 43.3 Å². The second-order valence-electron chi connectivity index (χ2n) is 8.84. The van der Waals surface area contributed by atoms with Gasteiger partial charge in [-0.1, -0.05) is 71.7 Å². The van der Waals surface area contributed by atoms with Crippen LogP contribution in [0.25, 0.3) is 0 Å². The molecule has 3 aromatic rings. The third-order valence-corrected chi connectivity index (χ3v) is 6.83. The molecule has 1 saturated heterocycles. The largest absolute Gasteiger partial charge is 0.340 e. The lowest BCUT2D eigenvalue weighted by Crippen LogP contribution is -2.59. The van der Waals surface area contributed by atoms with E-state index in [1.165, 1.54) is 0 Å². The first-order valence-corrected chi connectivity index (χ1v) is 12.5. The number of carbonyl (C=O) groups is 3. The molecule has 2 atom stereocenters. The van der Waals surface area contributed by atoms with Crippen molar-refractivity contribution in [3.05, 3.63) is 106 Å². The van der Waals surface area contributed by atoms with Crippen LogP contribution in [0.2, 0.25) is 10.0 Å². The molecular weight excluding hydrogens is 497 g/mol. The van der Waals surface area contributed by atoms with Crippen LogP contribution in [0.3, 0.4) is 0 Å². The highest BCUT2D eigenvalue weighted by Gasteiger charge is 2.34. The van der Waals surface area contributed by atoms with Gasteiger partial charge in [0.2, 0.25) is 5.91 Å². The molecule has 1 aliphatic rings. The number of hydrogen-bond acceptors (Lipinski definition) is 3. The third kappa shape index (κ3) is 6.07. The molecule has 0 aromatic heterocycles. The normalized spacial score (nSPS) is 16.4.